The molecule has 1 heterocycles. The van der Waals surface area contributed by atoms with Crippen LogP contribution < -0.4 is 4.90 Å². The first kappa shape index (κ1) is 22.2. The fourth-order valence-electron chi connectivity index (χ4n) is 3.05. The van der Waals surface area contributed by atoms with E-state index in [-0.39, 0.29) is 18.7 Å². The van der Waals surface area contributed by atoms with E-state index in [4.69, 9.17) is 16.3 Å². The lowest BCUT2D eigenvalue weighted by Gasteiger charge is -2.40. The van der Waals surface area contributed by atoms with Gasteiger partial charge in [-0.1, -0.05) is 12.1 Å². The normalized spacial score (nSPS) is 21.5. The fraction of sp³-hybridized carbons (Fsp3) is 0.300. The first-order valence-electron chi connectivity index (χ1n) is 8.84. The molecule has 5 nitrogen and oxygen atoms in total. The molecule has 3 rings (SSSR count). The highest BCUT2D eigenvalue weighted by molar-refractivity contribution is 6.36. The fourth-order valence-corrected chi connectivity index (χ4v) is 3.35. The number of anilines is 1. The molecule has 0 bridgehead atoms. The van der Waals surface area contributed by atoms with Crippen LogP contribution in [0.25, 0.3) is 0 Å². The average molecular weight is 444 g/mol. The average Bonchev–Trinajstić information content (AvgIpc) is 2.66. The molecule has 2 aromatic rings. The first-order valence-corrected chi connectivity index (χ1v) is 9.27. The van der Waals surface area contributed by atoms with Crippen molar-refractivity contribution >= 4 is 29.5 Å². The topological polar surface area (TPSA) is 45.1 Å². The summed E-state index contributed by atoms with van der Waals surface area (Å²) in [5.74, 6) is -4.37. The van der Waals surface area contributed by atoms with E-state index >= 15 is 0 Å². The Labute approximate surface area is 175 Å². The van der Waals surface area contributed by atoms with Crippen LogP contribution in [0.2, 0.25) is 0 Å². The number of hydrogen-bond acceptors (Lipinski definition) is 4. The molecule has 0 radical (unpaired) electrons. The van der Waals surface area contributed by atoms with Crippen LogP contribution in [0.5, 0.6) is 0 Å². The molecule has 0 aromatic heterocycles. The van der Waals surface area contributed by atoms with Crippen LogP contribution in [-0.4, -0.2) is 48.9 Å². The van der Waals surface area contributed by atoms with E-state index < -0.39 is 46.0 Å². The zero-order valence-electron chi connectivity index (χ0n) is 16.1. The summed E-state index contributed by atoms with van der Waals surface area (Å²) in [6.45, 7) is -0.346. The van der Waals surface area contributed by atoms with Crippen LogP contribution >= 0.6 is 11.6 Å². The molecular formula is C20H18ClF4N3O2. The van der Waals surface area contributed by atoms with Gasteiger partial charge in [-0.25, -0.2) is 22.6 Å². The van der Waals surface area contributed by atoms with Gasteiger partial charge in [-0.15, -0.1) is 11.6 Å². The Morgan fingerprint density at radius 1 is 1.13 bits per heavy atom. The van der Waals surface area contributed by atoms with Crippen molar-refractivity contribution in [2.24, 2.45) is 4.99 Å². The van der Waals surface area contributed by atoms with E-state index in [1.807, 2.05) is 0 Å². The Morgan fingerprint density at radius 2 is 1.80 bits per heavy atom. The Balaban J connectivity index is 1.95. The number of rotatable bonds is 6. The van der Waals surface area contributed by atoms with E-state index in [9.17, 15) is 22.4 Å². The van der Waals surface area contributed by atoms with Crippen molar-refractivity contribution in [3.63, 3.8) is 0 Å². The van der Waals surface area contributed by atoms with Gasteiger partial charge in [-0.3, -0.25) is 9.69 Å². The van der Waals surface area contributed by atoms with Gasteiger partial charge in [0.15, 0.2) is 11.1 Å². The van der Waals surface area contributed by atoms with Gasteiger partial charge in [-0.05, 0) is 32.3 Å². The predicted molar refractivity (Wildman–Crippen MR) is 104 cm³/mol. The molecule has 0 saturated carbocycles. The number of amides is 1. The van der Waals surface area contributed by atoms with Crippen molar-refractivity contribution < 1.29 is 27.1 Å². The number of alkyl halides is 1. The molecule has 2 atom stereocenters. The Hall–Kier alpha value is -2.49. The molecule has 2 aromatic carbocycles. The zero-order valence-corrected chi connectivity index (χ0v) is 16.8. The second-order valence-electron chi connectivity index (χ2n) is 6.99. The summed E-state index contributed by atoms with van der Waals surface area (Å²) in [7, 11) is 3.35. The van der Waals surface area contributed by atoms with Gasteiger partial charge in [0.1, 0.15) is 35.3 Å². The van der Waals surface area contributed by atoms with Crippen molar-refractivity contribution in [3.8, 4) is 0 Å². The van der Waals surface area contributed by atoms with Gasteiger partial charge in [0.25, 0.3) is 5.91 Å². The third kappa shape index (κ3) is 4.33. The van der Waals surface area contributed by atoms with Crippen molar-refractivity contribution in [2.75, 3.05) is 25.5 Å². The summed E-state index contributed by atoms with van der Waals surface area (Å²) >= 11 is 6.36. The monoisotopic (exact) mass is 443 g/mol. The molecule has 1 aliphatic heterocycles. The number of nitrogens with zero attached hydrogens (tertiary/aromatic N) is 3. The summed E-state index contributed by atoms with van der Waals surface area (Å²) < 4.78 is 61.1. The minimum atomic E-state index is -1.67. The number of halogens is 5. The summed E-state index contributed by atoms with van der Waals surface area (Å²) in [5, 5.41) is -1.48. The van der Waals surface area contributed by atoms with Gasteiger partial charge in [0.05, 0.1) is 6.61 Å². The van der Waals surface area contributed by atoms with Crippen LogP contribution in [0.4, 0.5) is 23.2 Å². The molecule has 160 valence electrons. The number of likely N-dealkylation sites (N-methyl/N-ethyl adjacent to an activating group) is 1. The quantitative estimate of drug-likeness (QED) is 0.505. The van der Waals surface area contributed by atoms with E-state index in [1.54, 1.807) is 19.0 Å². The number of para-hydroxylation sites is 1. The third-order valence-electron chi connectivity index (χ3n) is 4.46. The van der Waals surface area contributed by atoms with E-state index in [0.29, 0.717) is 11.0 Å². The van der Waals surface area contributed by atoms with E-state index in [2.05, 4.69) is 4.99 Å². The van der Waals surface area contributed by atoms with Crippen molar-refractivity contribution in [2.45, 2.75) is 17.7 Å². The third-order valence-corrected chi connectivity index (χ3v) is 4.98. The minimum absolute atomic E-state index is 0.0137. The Bertz CT molecular complexity index is 968. The Morgan fingerprint density at radius 3 is 2.40 bits per heavy atom. The van der Waals surface area contributed by atoms with Gasteiger partial charge in [-0.2, -0.15) is 0 Å². The first-order chi connectivity index (χ1) is 14.1. The lowest BCUT2D eigenvalue weighted by atomic mass is 10.1. The molecule has 0 aliphatic carbocycles. The molecule has 30 heavy (non-hydrogen) atoms. The van der Waals surface area contributed by atoms with Crippen molar-refractivity contribution in [3.05, 3.63) is 65.2 Å². The number of carbonyl (C=O) groups excluding carboxylic acids is 1. The molecule has 0 fully saturated rings. The molecule has 0 spiro atoms. The van der Waals surface area contributed by atoms with Gasteiger partial charge >= 0.3 is 0 Å². The number of aliphatic imine (C=N–C) groups is 1. The second-order valence-corrected chi connectivity index (χ2v) is 7.43. The molecule has 1 aliphatic rings. The van der Waals surface area contributed by atoms with Crippen molar-refractivity contribution in [1.29, 1.82) is 0 Å². The van der Waals surface area contributed by atoms with E-state index in [0.717, 1.165) is 30.6 Å². The molecule has 10 heteroatoms. The molecule has 2 unspecified atom stereocenters. The number of benzene rings is 2. The lowest BCUT2D eigenvalue weighted by molar-refractivity contribution is -0.128. The maximum Gasteiger partial charge on any atom is 0.255 e. The SMILES string of the molecule is CN(C)CC1(OCc2ccc(F)cc2F)N=CN(c2c(F)cccc2F)C(=O)C1Cl. The van der Waals surface area contributed by atoms with Crippen LogP contribution in [0.3, 0.4) is 0 Å². The summed E-state index contributed by atoms with van der Waals surface area (Å²) in [5.41, 5.74) is -2.25. The van der Waals surface area contributed by atoms with Crippen molar-refractivity contribution in [1.82, 2.24) is 4.90 Å². The smallest absolute Gasteiger partial charge is 0.255 e. The van der Waals surface area contributed by atoms with Crippen LogP contribution in [0.15, 0.2) is 41.4 Å². The van der Waals surface area contributed by atoms with Gasteiger partial charge in [0, 0.05) is 18.2 Å². The molecule has 0 saturated heterocycles. The lowest BCUT2D eigenvalue weighted by Crippen LogP contribution is -2.58. The molecule has 1 amide bonds. The maximum atomic E-state index is 14.1. The Kier molecular flexibility index (Phi) is 6.44. The number of carbonyl (C=O) groups is 1. The maximum absolute atomic E-state index is 14.1. The zero-order chi connectivity index (χ0) is 22.1. The van der Waals surface area contributed by atoms with Crippen LogP contribution in [0, 0.1) is 23.3 Å². The molecular weight excluding hydrogens is 426 g/mol. The highest BCUT2D eigenvalue weighted by Gasteiger charge is 2.49. The van der Waals surface area contributed by atoms with Gasteiger partial charge < -0.3 is 9.64 Å². The highest BCUT2D eigenvalue weighted by Crippen LogP contribution is 2.34. The van der Waals surface area contributed by atoms with E-state index in [1.165, 1.54) is 6.07 Å². The minimum Gasteiger partial charge on any atom is -0.346 e. The van der Waals surface area contributed by atoms with Crippen LogP contribution in [0.1, 0.15) is 5.56 Å². The van der Waals surface area contributed by atoms with Crippen LogP contribution in [-0.2, 0) is 16.1 Å². The number of hydrogen-bond donors (Lipinski definition) is 0. The predicted octanol–water partition coefficient (Wildman–Crippen LogP) is 3.70. The van der Waals surface area contributed by atoms with Gasteiger partial charge in [0.2, 0.25) is 0 Å². The summed E-state index contributed by atoms with van der Waals surface area (Å²) in [4.78, 5) is 19.4. The summed E-state index contributed by atoms with van der Waals surface area (Å²) in [6, 6.07) is 6.13. The largest absolute Gasteiger partial charge is 0.346 e. The molecule has 0 N–H and O–H groups in total. The number of ether oxygens (including phenoxy) is 1. The second kappa shape index (κ2) is 8.71. The standard InChI is InChI=1S/C20H18ClF4N3O2/c1-27(2)10-20(30-9-12-6-7-13(22)8-16(12)25)18(21)19(29)28(11-26-20)17-14(23)4-3-5-15(17)24/h3-8,11,18H,9-10H2,1-2H3. The summed E-state index contributed by atoms with van der Waals surface area (Å²) in [6.07, 6.45) is 0.938. The highest BCUT2D eigenvalue weighted by atomic mass is 35.5.